The van der Waals surface area contributed by atoms with Crippen LogP contribution in [0.25, 0.3) is 0 Å². The number of aliphatic imine (C=N–C) groups is 1. The van der Waals surface area contributed by atoms with E-state index in [1.165, 1.54) is 23.1 Å². The van der Waals surface area contributed by atoms with Gasteiger partial charge in [0.1, 0.15) is 5.84 Å². The highest BCUT2D eigenvalue weighted by atomic mass is 35.5. The number of carbonyl (C=O) groups excluding carboxylic acids is 2. The van der Waals surface area contributed by atoms with Crippen LogP contribution in [0.1, 0.15) is 49.2 Å². The van der Waals surface area contributed by atoms with E-state index in [1.807, 2.05) is 93.3 Å². The predicted molar refractivity (Wildman–Crippen MR) is 159 cm³/mol. The quantitative estimate of drug-likeness (QED) is 0.297. The lowest BCUT2D eigenvalue weighted by atomic mass is 9.92. The van der Waals surface area contributed by atoms with Crippen molar-refractivity contribution in [2.75, 3.05) is 11.6 Å². The zero-order valence-corrected chi connectivity index (χ0v) is 24.9. The lowest BCUT2D eigenvalue weighted by molar-refractivity contribution is -0.204. The minimum Gasteiger partial charge on any atom is -0.347 e. The number of amidine groups is 1. The molecule has 0 saturated heterocycles. The molecule has 226 valence electrons. The van der Waals surface area contributed by atoms with Crippen molar-refractivity contribution in [1.82, 2.24) is 9.80 Å². The Labute approximate surface area is 253 Å². The molecule has 2 unspecified atom stereocenters. The molecule has 3 aromatic rings. The first-order chi connectivity index (χ1) is 20.3. The number of hydroxylamine groups is 1. The number of fused-ring (bicyclic) bond motifs is 1. The second kappa shape index (κ2) is 11.6. The Hall–Kier alpha value is -4.05. The Morgan fingerprint density at radius 2 is 1.67 bits per heavy atom. The molecule has 0 N–H and O–H groups in total. The zero-order chi connectivity index (χ0) is 31.1. The second-order valence-electron chi connectivity index (χ2n) is 11.7. The molecule has 1 amide bonds. The largest absolute Gasteiger partial charge is 0.493 e. The average molecular weight is 613 g/mol. The SMILES string of the molecule is CC(C)C(C1N(Cc2ccccc2)C(=O)c2ccc(Cl)cc2N1OC(=O)C(F)(F)F)N1CC(C)(C)N=C1c1ccccc1. The number of benzene rings is 3. The van der Waals surface area contributed by atoms with Gasteiger partial charge in [-0.05, 0) is 43.5 Å². The third kappa shape index (κ3) is 6.20. The monoisotopic (exact) mass is 612 g/mol. The van der Waals surface area contributed by atoms with E-state index >= 15 is 0 Å². The van der Waals surface area contributed by atoms with E-state index in [-0.39, 0.29) is 28.7 Å². The number of amides is 1. The molecular formula is C32H32ClF3N4O3. The minimum atomic E-state index is -5.28. The summed E-state index contributed by atoms with van der Waals surface area (Å²) in [7, 11) is 0. The molecule has 11 heteroatoms. The fourth-order valence-electron chi connectivity index (χ4n) is 5.73. The van der Waals surface area contributed by atoms with Crippen LogP contribution in [0.4, 0.5) is 18.9 Å². The third-order valence-corrected chi connectivity index (χ3v) is 7.71. The normalized spacial score (nSPS) is 18.9. The lowest BCUT2D eigenvalue weighted by Gasteiger charge is -2.50. The maximum atomic E-state index is 14.2. The molecule has 7 nitrogen and oxygen atoms in total. The number of anilines is 1. The summed E-state index contributed by atoms with van der Waals surface area (Å²) in [5.74, 6) is -2.46. The van der Waals surface area contributed by atoms with Crippen molar-refractivity contribution in [1.29, 1.82) is 0 Å². The zero-order valence-electron chi connectivity index (χ0n) is 24.2. The van der Waals surface area contributed by atoms with Crippen LogP contribution in [0, 0.1) is 5.92 Å². The molecule has 2 heterocycles. The average Bonchev–Trinajstić information content (AvgIpc) is 3.27. The van der Waals surface area contributed by atoms with E-state index in [4.69, 9.17) is 21.4 Å². The molecule has 0 fully saturated rings. The smallest absolute Gasteiger partial charge is 0.347 e. The molecule has 5 rings (SSSR count). The highest BCUT2D eigenvalue weighted by molar-refractivity contribution is 6.31. The molecule has 0 spiro atoms. The van der Waals surface area contributed by atoms with Crippen LogP contribution in [-0.4, -0.2) is 58.0 Å². The van der Waals surface area contributed by atoms with Crippen molar-refractivity contribution >= 4 is 35.0 Å². The maximum Gasteiger partial charge on any atom is 0.493 e. The standard InChI is InChI=1S/C32H32ClF3N4O3/c1-20(2)26(39-19-31(3,4)37-27(39)22-13-9-6-10-14-22)28-38(18-21-11-7-5-8-12-21)29(41)24-16-15-23(33)17-25(24)40(28)43-30(42)32(34,35)36/h5-17,20,26,28H,18-19H2,1-4H3. The predicted octanol–water partition coefficient (Wildman–Crippen LogP) is 6.71. The first-order valence-electron chi connectivity index (χ1n) is 13.9. The molecule has 0 radical (unpaired) electrons. The summed E-state index contributed by atoms with van der Waals surface area (Å²) in [5.41, 5.74) is 1.06. The number of rotatable bonds is 7. The summed E-state index contributed by atoms with van der Waals surface area (Å²) in [6.45, 7) is 8.23. The van der Waals surface area contributed by atoms with E-state index in [0.29, 0.717) is 12.4 Å². The molecule has 0 saturated carbocycles. The van der Waals surface area contributed by atoms with Gasteiger partial charge in [0.15, 0.2) is 6.17 Å². The summed E-state index contributed by atoms with van der Waals surface area (Å²) in [5, 5.41) is 1.09. The van der Waals surface area contributed by atoms with Gasteiger partial charge < -0.3 is 14.6 Å². The van der Waals surface area contributed by atoms with Crippen LogP contribution in [0.15, 0.2) is 83.9 Å². The summed E-state index contributed by atoms with van der Waals surface area (Å²) in [6, 6.07) is 22.2. The van der Waals surface area contributed by atoms with Crippen LogP contribution >= 0.6 is 11.6 Å². The van der Waals surface area contributed by atoms with Gasteiger partial charge in [-0.1, -0.05) is 86.1 Å². The lowest BCUT2D eigenvalue weighted by Crippen LogP contribution is -2.66. The third-order valence-electron chi connectivity index (χ3n) is 7.47. The van der Waals surface area contributed by atoms with E-state index in [2.05, 4.69) is 0 Å². The van der Waals surface area contributed by atoms with Crippen molar-refractivity contribution < 1.29 is 27.6 Å². The van der Waals surface area contributed by atoms with E-state index in [0.717, 1.165) is 16.2 Å². The molecule has 0 aliphatic carbocycles. The Kier molecular flexibility index (Phi) is 8.17. The van der Waals surface area contributed by atoms with Gasteiger partial charge in [-0.15, -0.1) is 0 Å². The Bertz CT molecular complexity index is 1530. The highest BCUT2D eigenvalue weighted by Gasteiger charge is 2.52. The van der Waals surface area contributed by atoms with E-state index in [1.54, 1.807) is 0 Å². The maximum absolute atomic E-state index is 14.2. The Morgan fingerprint density at radius 3 is 2.28 bits per heavy atom. The summed E-state index contributed by atoms with van der Waals surface area (Å²) in [6.07, 6.45) is -6.47. The first-order valence-corrected chi connectivity index (χ1v) is 14.3. The first kappa shape index (κ1) is 30.4. The molecule has 2 aliphatic rings. The fraction of sp³-hybridized carbons (Fsp3) is 0.344. The van der Waals surface area contributed by atoms with Crippen molar-refractivity contribution in [2.24, 2.45) is 10.9 Å². The number of nitrogens with zero attached hydrogens (tertiary/aromatic N) is 4. The number of carbonyl (C=O) groups is 2. The van der Waals surface area contributed by atoms with Gasteiger partial charge >= 0.3 is 12.1 Å². The molecule has 43 heavy (non-hydrogen) atoms. The van der Waals surface area contributed by atoms with Crippen molar-refractivity contribution in [2.45, 2.75) is 58.2 Å². The molecule has 2 aliphatic heterocycles. The molecular weight excluding hydrogens is 581 g/mol. The van der Waals surface area contributed by atoms with Crippen LogP contribution in [0.5, 0.6) is 0 Å². The van der Waals surface area contributed by atoms with Gasteiger partial charge in [-0.3, -0.25) is 9.79 Å². The van der Waals surface area contributed by atoms with Gasteiger partial charge in [0.05, 0.1) is 22.8 Å². The second-order valence-corrected chi connectivity index (χ2v) is 12.1. The molecule has 3 aromatic carbocycles. The van der Waals surface area contributed by atoms with Gasteiger partial charge in [0.25, 0.3) is 5.91 Å². The Morgan fingerprint density at radius 1 is 1.05 bits per heavy atom. The van der Waals surface area contributed by atoms with Crippen LogP contribution in [0.3, 0.4) is 0 Å². The Balaban J connectivity index is 1.72. The molecule has 2 atom stereocenters. The van der Waals surface area contributed by atoms with Gasteiger partial charge in [0, 0.05) is 23.7 Å². The van der Waals surface area contributed by atoms with Gasteiger partial charge in [-0.25, -0.2) is 4.79 Å². The van der Waals surface area contributed by atoms with Crippen molar-refractivity contribution in [3.05, 3.63) is 101 Å². The van der Waals surface area contributed by atoms with E-state index in [9.17, 15) is 22.8 Å². The number of hydrogen-bond acceptors (Lipinski definition) is 6. The summed E-state index contributed by atoms with van der Waals surface area (Å²) < 4.78 is 41.1. The summed E-state index contributed by atoms with van der Waals surface area (Å²) >= 11 is 6.30. The number of alkyl halides is 3. The van der Waals surface area contributed by atoms with Crippen molar-refractivity contribution in [3.63, 3.8) is 0 Å². The minimum absolute atomic E-state index is 0.0216. The summed E-state index contributed by atoms with van der Waals surface area (Å²) in [4.78, 5) is 40.4. The van der Waals surface area contributed by atoms with E-state index < -0.39 is 35.8 Å². The highest BCUT2D eigenvalue weighted by Crippen LogP contribution is 2.40. The van der Waals surface area contributed by atoms with Crippen LogP contribution in [0.2, 0.25) is 5.02 Å². The molecule has 0 aromatic heterocycles. The van der Waals surface area contributed by atoms with Crippen LogP contribution in [-0.2, 0) is 16.2 Å². The van der Waals surface area contributed by atoms with Crippen LogP contribution < -0.4 is 5.06 Å². The van der Waals surface area contributed by atoms with Crippen molar-refractivity contribution in [3.8, 4) is 0 Å². The molecule has 0 bridgehead atoms. The fourth-order valence-corrected chi connectivity index (χ4v) is 5.90. The van der Waals surface area contributed by atoms with Gasteiger partial charge in [0.2, 0.25) is 0 Å². The van der Waals surface area contributed by atoms with Gasteiger partial charge in [-0.2, -0.15) is 18.2 Å². The number of hydrogen-bond donors (Lipinski definition) is 0. The topological polar surface area (TPSA) is 65.5 Å². The number of halogens is 4.